The zero-order valence-corrected chi connectivity index (χ0v) is 14.3. The summed E-state index contributed by atoms with van der Waals surface area (Å²) in [4.78, 5) is 7.86. The summed E-state index contributed by atoms with van der Waals surface area (Å²) < 4.78 is 42.5. The Morgan fingerprint density at radius 3 is 2.48 bits per heavy atom. The second-order valence-electron chi connectivity index (χ2n) is 5.73. The van der Waals surface area contributed by atoms with Gasteiger partial charge in [-0.05, 0) is 33.7 Å². The van der Waals surface area contributed by atoms with E-state index in [1.807, 2.05) is 13.8 Å². The van der Waals surface area contributed by atoms with Gasteiger partial charge in [0.25, 0.3) is 0 Å². The van der Waals surface area contributed by atoms with Gasteiger partial charge in [0.15, 0.2) is 5.96 Å². The van der Waals surface area contributed by atoms with Crippen LogP contribution in [0, 0.1) is 0 Å². The maximum atomic E-state index is 12.3. The third-order valence-electron chi connectivity index (χ3n) is 3.67. The molecule has 0 aliphatic carbocycles. The first kappa shape index (κ1) is 20.0. The lowest BCUT2D eigenvalue weighted by molar-refractivity contribution is -0.142. The molecule has 136 valence electrons. The molecule has 0 spiro atoms. The van der Waals surface area contributed by atoms with E-state index in [-0.39, 0.29) is 6.54 Å². The lowest BCUT2D eigenvalue weighted by Gasteiger charge is -2.34. The molecular weight excluding hydrogens is 309 g/mol. The van der Waals surface area contributed by atoms with Gasteiger partial charge in [0.1, 0.15) is 0 Å². The summed E-state index contributed by atoms with van der Waals surface area (Å²) in [7, 11) is 1.46. The van der Waals surface area contributed by atoms with E-state index in [1.165, 1.54) is 11.9 Å². The van der Waals surface area contributed by atoms with Crippen LogP contribution in [0.2, 0.25) is 0 Å². The minimum Gasteiger partial charge on any atom is -0.378 e. The fourth-order valence-corrected chi connectivity index (χ4v) is 2.61. The van der Waals surface area contributed by atoms with E-state index in [9.17, 15) is 13.2 Å². The number of alkyl halides is 3. The highest BCUT2D eigenvalue weighted by molar-refractivity contribution is 5.80. The third kappa shape index (κ3) is 8.41. The molecule has 1 rings (SSSR count). The smallest absolute Gasteiger partial charge is 0.378 e. The number of hydrogen-bond donors (Lipinski definition) is 1. The molecule has 23 heavy (non-hydrogen) atoms. The van der Waals surface area contributed by atoms with Gasteiger partial charge in [-0.1, -0.05) is 0 Å². The van der Waals surface area contributed by atoms with Gasteiger partial charge in [-0.25, -0.2) is 0 Å². The zero-order valence-electron chi connectivity index (χ0n) is 14.3. The van der Waals surface area contributed by atoms with Crippen molar-refractivity contribution in [3.8, 4) is 0 Å². The Labute approximate surface area is 136 Å². The average molecular weight is 338 g/mol. The number of ether oxygens (including phenoxy) is 1. The predicted molar refractivity (Wildman–Crippen MR) is 85.8 cm³/mol. The molecule has 8 heteroatoms. The standard InChI is InChI=1S/C15H29F3N4O/c1-4-19-14(20-8-11-21(3)12-15(16,17)18)22-9-6-13(7-10-22)23-5-2/h13H,4-12H2,1-3H3,(H,19,20). The van der Waals surface area contributed by atoms with Crippen LogP contribution in [0.4, 0.5) is 13.2 Å². The molecule has 0 aromatic heterocycles. The van der Waals surface area contributed by atoms with Crippen LogP contribution in [0.15, 0.2) is 4.99 Å². The van der Waals surface area contributed by atoms with Crippen molar-refractivity contribution in [2.45, 2.75) is 39.0 Å². The predicted octanol–water partition coefficient (Wildman–Crippen LogP) is 1.95. The molecule has 0 aromatic rings. The van der Waals surface area contributed by atoms with Crippen LogP contribution in [0.1, 0.15) is 26.7 Å². The van der Waals surface area contributed by atoms with Crippen molar-refractivity contribution in [2.75, 3.05) is 52.9 Å². The third-order valence-corrected chi connectivity index (χ3v) is 3.67. The molecule has 0 unspecified atom stereocenters. The Kier molecular flexibility index (Phi) is 8.68. The fourth-order valence-electron chi connectivity index (χ4n) is 2.61. The van der Waals surface area contributed by atoms with Crippen LogP contribution >= 0.6 is 0 Å². The molecule has 0 aromatic carbocycles. The van der Waals surface area contributed by atoms with Gasteiger partial charge in [-0.3, -0.25) is 9.89 Å². The lowest BCUT2D eigenvalue weighted by Crippen LogP contribution is -2.47. The molecule has 1 saturated heterocycles. The number of halogens is 3. The van der Waals surface area contributed by atoms with E-state index in [1.54, 1.807) is 0 Å². The summed E-state index contributed by atoms with van der Waals surface area (Å²) in [5.41, 5.74) is 0. The maximum Gasteiger partial charge on any atom is 0.401 e. The van der Waals surface area contributed by atoms with Crippen LogP contribution in [0.5, 0.6) is 0 Å². The SMILES string of the molecule is CCNC(=NCCN(C)CC(F)(F)F)N1CCC(OCC)CC1. The molecule has 1 N–H and O–H groups in total. The van der Waals surface area contributed by atoms with Crippen molar-refractivity contribution >= 4 is 5.96 Å². The van der Waals surface area contributed by atoms with Gasteiger partial charge in [0.05, 0.1) is 19.2 Å². The number of rotatable bonds is 7. The highest BCUT2D eigenvalue weighted by Gasteiger charge is 2.29. The number of nitrogens with zero attached hydrogens (tertiary/aromatic N) is 3. The molecular formula is C15H29F3N4O. The minimum absolute atomic E-state index is 0.282. The van der Waals surface area contributed by atoms with Gasteiger partial charge in [0, 0.05) is 32.8 Å². The van der Waals surface area contributed by atoms with E-state index in [4.69, 9.17) is 4.74 Å². The quantitative estimate of drug-likeness (QED) is 0.569. The first-order chi connectivity index (χ1) is 10.9. The zero-order chi connectivity index (χ0) is 17.3. The van der Waals surface area contributed by atoms with Crippen molar-refractivity contribution < 1.29 is 17.9 Å². The summed E-state index contributed by atoms with van der Waals surface area (Å²) >= 11 is 0. The average Bonchev–Trinajstić information content (AvgIpc) is 2.46. The summed E-state index contributed by atoms with van der Waals surface area (Å²) in [6, 6.07) is 0. The minimum atomic E-state index is -4.16. The van der Waals surface area contributed by atoms with Crippen molar-refractivity contribution in [1.29, 1.82) is 0 Å². The molecule has 0 bridgehead atoms. The van der Waals surface area contributed by atoms with Crippen molar-refractivity contribution in [2.24, 2.45) is 4.99 Å². The summed E-state index contributed by atoms with van der Waals surface area (Å²) in [6.07, 6.45) is -1.96. The Hall–Kier alpha value is -1.02. The summed E-state index contributed by atoms with van der Waals surface area (Å²) in [5, 5.41) is 3.22. The van der Waals surface area contributed by atoms with E-state index >= 15 is 0 Å². The second-order valence-corrected chi connectivity index (χ2v) is 5.73. The number of nitrogens with one attached hydrogen (secondary N) is 1. The largest absolute Gasteiger partial charge is 0.401 e. The monoisotopic (exact) mass is 338 g/mol. The van der Waals surface area contributed by atoms with Crippen LogP contribution in [-0.2, 0) is 4.74 Å². The lowest BCUT2D eigenvalue weighted by atomic mass is 10.1. The molecule has 1 fully saturated rings. The number of likely N-dealkylation sites (N-methyl/N-ethyl adjacent to an activating group) is 1. The number of likely N-dealkylation sites (tertiary alicyclic amines) is 1. The second kappa shape index (κ2) is 9.97. The van der Waals surface area contributed by atoms with Gasteiger partial charge in [-0.15, -0.1) is 0 Å². The number of piperidine rings is 1. The molecule has 0 saturated carbocycles. The van der Waals surface area contributed by atoms with Gasteiger partial charge < -0.3 is 15.0 Å². The Morgan fingerprint density at radius 2 is 1.96 bits per heavy atom. The van der Waals surface area contributed by atoms with Crippen molar-refractivity contribution in [1.82, 2.24) is 15.1 Å². The normalized spacial score (nSPS) is 17.9. The van der Waals surface area contributed by atoms with Gasteiger partial charge in [-0.2, -0.15) is 13.2 Å². The van der Waals surface area contributed by atoms with E-state index in [0.29, 0.717) is 12.6 Å². The van der Waals surface area contributed by atoms with Crippen LogP contribution in [0.3, 0.4) is 0 Å². The summed E-state index contributed by atoms with van der Waals surface area (Å²) in [5.74, 6) is 0.780. The Bertz CT molecular complexity index is 355. The molecule has 1 heterocycles. The highest BCUT2D eigenvalue weighted by Crippen LogP contribution is 2.15. The highest BCUT2D eigenvalue weighted by atomic mass is 19.4. The number of guanidine groups is 1. The molecule has 0 atom stereocenters. The topological polar surface area (TPSA) is 40.1 Å². The van der Waals surface area contributed by atoms with E-state index < -0.39 is 12.7 Å². The fraction of sp³-hybridized carbons (Fsp3) is 0.933. The van der Waals surface area contributed by atoms with Gasteiger partial charge >= 0.3 is 6.18 Å². The van der Waals surface area contributed by atoms with Crippen LogP contribution < -0.4 is 5.32 Å². The maximum absolute atomic E-state index is 12.3. The molecule has 0 amide bonds. The Balaban J connectivity index is 2.44. The number of aliphatic imine (C=N–C) groups is 1. The first-order valence-corrected chi connectivity index (χ1v) is 8.25. The molecule has 1 aliphatic rings. The molecule has 1 aliphatic heterocycles. The van der Waals surface area contributed by atoms with E-state index in [0.717, 1.165) is 45.0 Å². The van der Waals surface area contributed by atoms with Crippen molar-refractivity contribution in [3.63, 3.8) is 0 Å². The first-order valence-electron chi connectivity index (χ1n) is 8.25. The van der Waals surface area contributed by atoms with E-state index in [2.05, 4.69) is 15.2 Å². The Morgan fingerprint density at radius 1 is 1.30 bits per heavy atom. The van der Waals surface area contributed by atoms with Gasteiger partial charge in [0.2, 0.25) is 0 Å². The summed E-state index contributed by atoms with van der Waals surface area (Å²) in [6.45, 7) is 6.88. The number of hydrogen-bond acceptors (Lipinski definition) is 3. The van der Waals surface area contributed by atoms with Crippen LogP contribution in [0.25, 0.3) is 0 Å². The van der Waals surface area contributed by atoms with Crippen molar-refractivity contribution in [3.05, 3.63) is 0 Å². The molecule has 5 nitrogen and oxygen atoms in total. The molecule has 0 radical (unpaired) electrons. The van der Waals surface area contributed by atoms with Crippen LogP contribution in [-0.4, -0.2) is 81.0 Å².